The first-order valence-electron chi connectivity index (χ1n) is 8.72. The van der Waals surface area contributed by atoms with Crippen LogP contribution in [-0.4, -0.2) is 75.8 Å². The summed E-state index contributed by atoms with van der Waals surface area (Å²) in [6, 6.07) is 10.3. The van der Waals surface area contributed by atoms with Crippen LogP contribution < -0.4 is 10.6 Å². The molecule has 0 bridgehead atoms. The van der Waals surface area contributed by atoms with Gasteiger partial charge in [-0.2, -0.15) is 0 Å². The summed E-state index contributed by atoms with van der Waals surface area (Å²) in [5, 5.41) is 6.59. The van der Waals surface area contributed by atoms with Gasteiger partial charge in [0, 0.05) is 43.4 Å². The van der Waals surface area contributed by atoms with Crippen molar-refractivity contribution < 1.29 is 8.42 Å². The molecule has 1 aliphatic rings. The standard InChI is InChI=1S/C17H28N4O2S2/c1-2-18-17(20-9-13-24-16-6-4-3-5-7-16)19-8-10-21-11-14-25(22,23)15-12-21/h3-7H,2,8-15H2,1H3,(H2,18,19,20). The monoisotopic (exact) mass is 384 g/mol. The molecule has 1 saturated heterocycles. The molecule has 0 unspecified atom stereocenters. The summed E-state index contributed by atoms with van der Waals surface area (Å²) >= 11 is 1.82. The van der Waals surface area contributed by atoms with Crippen molar-refractivity contribution >= 4 is 27.6 Å². The quantitative estimate of drug-likeness (QED) is 0.302. The average molecular weight is 385 g/mol. The SMILES string of the molecule is CCNC(=NCCN1CCS(=O)(=O)CC1)NCCSc1ccccc1. The largest absolute Gasteiger partial charge is 0.357 e. The van der Waals surface area contributed by atoms with Gasteiger partial charge in [0.2, 0.25) is 0 Å². The lowest BCUT2D eigenvalue weighted by Crippen LogP contribution is -2.42. The van der Waals surface area contributed by atoms with Gasteiger partial charge in [0.05, 0.1) is 18.1 Å². The molecule has 0 spiro atoms. The van der Waals surface area contributed by atoms with Gasteiger partial charge in [0.1, 0.15) is 0 Å². The number of sulfone groups is 1. The first-order chi connectivity index (χ1) is 12.1. The summed E-state index contributed by atoms with van der Waals surface area (Å²) in [5.74, 6) is 2.33. The second-order valence-electron chi connectivity index (χ2n) is 5.84. The highest BCUT2D eigenvalue weighted by Crippen LogP contribution is 2.15. The Hall–Kier alpha value is -1.25. The van der Waals surface area contributed by atoms with E-state index in [-0.39, 0.29) is 11.5 Å². The van der Waals surface area contributed by atoms with Gasteiger partial charge in [0.15, 0.2) is 15.8 Å². The predicted molar refractivity (Wildman–Crippen MR) is 106 cm³/mol. The van der Waals surface area contributed by atoms with Gasteiger partial charge in [-0.3, -0.25) is 9.89 Å². The Morgan fingerprint density at radius 1 is 1.20 bits per heavy atom. The number of thioether (sulfide) groups is 1. The van der Waals surface area contributed by atoms with E-state index in [1.54, 1.807) is 0 Å². The van der Waals surface area contributed by atoms with Gasteiger partial charge >= 0.3 is 0 Å². The van der Waals surface area contributed by atoms with Crippen LogP contribution in [0.4, 0.5) is 0 Å². The Balaban J connectivity index is 1.67. The third-order valence-electron chi connectivity index (χ3n) is 3.87. The zero-order valence-corrected chi connectivity index (χ0v) is 16.4. The van der Waals surface area contributed by atoms with E-state index in [1.807, 2.05) is 36.9 Å². The molecule has 0 atom stereocenters. The van der Waals surface area contributed by atoms with Crippen molar-refractivity contribution in [2.24, 2.45) is 4.99 Å². The number of hydrogen-bond acceptors (Lipinski definition) is 5. The van der Waals surface area contributed by atoms with Crippen molar-refractivity contribution in [3.63, 3.8) is 0 Å². The lowest BCUT2D eigenvalue weighted by molar-refractivity contribution is 0.304. The highest BCUT2D eigenvalue weighted by Gasteiger charge is 2.20. The van der Waals surface area contributed by atoms with Gasteiger partial charge < -0.3 is 10.6 Å². The molecular weight excluding hydrogens is 356 g/mol. The molecule has 1 aromatic carbocycles. The maximum atomic E-state index is 11.4. The second kappa shape index (κ2) is 10.7. The van der Waals surface area contributed by atoms with Crippen molar-refractivity contribution in [2.75, 3.05) is 56.5 Å². The summed E-state index contributed by atoms with van der Waals surface area (Å²) in [4.78, 5) is 8.02. The summed E-state index contributed by atoms with van der Waals surface area (Å²) in [5.41, 5.74) is 0. The summed E-state index contributed by atoms with van der Waals surface area (Å²) in [6.45, 7) is 6.41. The minimum Gasteiger partial charge on any atom is -0.357 e. The van der Waals surface area contributed by atoms with Crippen LogP contribution in [0.25, 0.3) is 0 Å². The van der Waals surface area contributed by atoms with Gasteiger partial charge in [-0.15, -0.1) is 11.8 Å². The fraction of sp³-hybridized carbons (Fsp3) is 0.588. The van der Waals surface area contributed by atoms with Crippen LogP contribution in [0.3, 0.4) is 0 Å². The van der Waals surface area contributed by atoms with Crippen LogP contribution in [0.15, 0.2) is 40.2 Å². The van der Waals surface area contributed by atoms with Crippen LogP contribution in [0.1, 0.15) is 6.92 Å². The summed E-state index contributed by atoms with van der Waals surface area (Å²) in [7, 11) is -2.81. The van der Waals surface area contributed by atoms with Crippen LogP contribution in [0, 0.1) is 0 Å². The Morgan fingerprint density at radius 3 is 2.60 bits per heavy atom. The van der Waals surface area contributed by atoms with E-state index in [1.165, 1.54) is 4.90 Å². The van der Waals surface area contributed by atoms with Crippen molar-refractivity contribution in [1.82, 2.24) is 15.5 Å². The highest BCUT2D eigenvalue weighted by molar-refractivity contribution is 7.99. The van der Waals surface area contributed by atoms with Crippen molar-refractivity contribution in [2.45, 2.75) is 11.8 Å². The normalized spacial score (nSPS) is 18.0. The zero-order chi connectivity index (χ0) is 18.0. The Bertz CT molecular complexity index is 621. The fourth-order valence-corrected chi connectivity index (χ4v) is 4.54. The van der Waals surface area contributed by atoms with E-state index >= 15 is 0 Å². The van der Waals surface area contributed by atoms with Gasteiger partial charge in [-0.1, -0.05) is 18.2 Å². The molecule has 0 amide bonds. The van der Waals surface area contributed by atoms with E-state index < -0.39 is 9.84 Å². The van der Waals surface area contributed by atoms with Gasteiger partial charge in [0.25, 0.3) is 0 Å². The molecule has 2 rings (SSSR count). The molecule has 0 aliphatic carbocycles. The maximum Gasteiger partial charge on any atom is 0.191 e. The predicted octanol–water partition coefficient (Wildman–Crippen LogP) is 1.06. The minimum atomic E-state index is -2.81. The van der Waals surface area contributed by atoms with E-state index in [4.69, 9.17) is 0 Å². The van der Waals surface area contributed by atoms with E-state index in [0.29, 0.717) is 19.6 Å². The molecule has 140 valence electrons. The Morgan fingerprint density at radius 2 is 1.92 bits per heavy atom. The zero-order valence-electron chi connectivity index (χ0n) is 14.8. The van der Waals surface area contributed by atoms with E-state index in [0.717, 1.165) is 31.3 Å². The van der Waals surface area contributed by atoms with Crippen LogP contribution in [-0.2, 0) is 9.84 Å². The molecule has 8 heteroatoms. The third-order valence-corrected chi connectivity index (χ3v) is 6.50. The van der Waals surface area contributed by atoms with Crippen molar-refractivity contribution in [3.05, 3.63) is 30.3 Å². The number of benzene rings is 1. The van der Waals surface area contributed by atoms with Crippen LogP contribution in [0.5, 0.6) is 0 Å². The molecule has 1 aromatic rings. The molecule has 0 aromatic heterocycles. The molecule has 6 nitrogen and oxygen atoms in total. The number of nitrogens with one attached hydrogen (secondary N) is 2. The molecule has 1 heterocycles. The first kappa shape index (κ1) is 20.1. The molecule has 25 heavy (non-hydrogen) atoms. The third kappa shape index (κ3) is 8.11. The Kier molecular flexibility index (Phi) is 8.57. The summed E-state index contributed by atoms with van der Waals surface area (Å²) < 4.78 is 22.9. The highest BCUT2D eigenvalue weighted by atomic mass is 32.2. The average Bonchev–Trinajstić information content (AvgIpc) is 2.61. The smallest absolute Gasteiger partial charge is 0.191 e. The molecule has 1 aliphatic heterocycles. The van der Waals surface area contributed by atoms with Gasteiger partial charge in [-0.25, -0.2) is 8.42 Å². The second-order valence-corrected chi connectivity index (χ2v) is 9.31. The number of rotatable bonds is 8. The van der Waals surface area contributed by atoms with E-state index in [2.05, 4.69) is 32.7 Å². The summed E-state index contributed by atoms with van der Waals surface area (Å²) in [6.07, 6.45) is 0. The van der Waals surface area contributed by atoms with Gasteiger partial charge in [-0.05, 0) is 19.1 Å². The molecule has 1 fully saturated rings. The van der Waals surface area contributed by atoms with Crippen molar-refractivity contribution in [1.29, 1.82) is 0 Å². The molecule has 0 radical (unpaired) electrons. The Labute approximate surface area is 155 Å². The lowest BCUT2D eigenvalue weighted by atomic mass is 10.4. The number of hydrogen-bond donors (Lipinski definition) is 2. The van der Waals surface area contributed by atoms with Crippen molar-refractivity contribution in [3.8, 4) is 0 Å². The fourth-order valence-electron chi connectivity index (χ4n) is 2.47. The molecule has 2 N–H and O–H groups in total. The van der Waals surface area contributed by atoms with Crippen LogP contribution in [0.2, 0.25) is 0 Å². The van der Waals surface area contributed by atoms with E-state index in [9.17, 15) is 8.42 Å². The number of guanidine groups is 1. The first-order valence-corrected chi connectivity index (χ1v) is 11.5. The topological polar surface area (TPSA) is 73.8 Å². The maximum absolute atomic E-state index is 11.4. The molecular formula is C17H28N4O2S2. The van der Waals surface area contributed by atoms with Crippen LogP contribution >= 0.6 is 11.8 Å². The lowest BCUT2D eigenvalue weighted by Gasteiger charge is -2.25. The molecule has 0 saturated carbocycles. The minimum absolute atomic E-state index is 0.270. The number of nitrogens with zero attached hydrogens (tertiary/aromatic N) is 2. The number of aliphatic imine (C=N–C) groups is 1.